The van der Waals surface area contributed by atoms with Gasteiger partial charge in [-0.25, -0.2) is 0 Å². The van der Waals surface area contributed by atoms with Crippen LogP contribution in [0.25, 0.3) is 0 Å². The summed E-state index contributed by atoms with van der Waals surface area (Å²) in [7, 11) is 0. The molecule has 3 rings (SSSR count). The number of benzene rings is 3. The Morgan fingerprint density at radius 1 is 1.06 bits per heavy atom. The second kappa shape index (κ2) is 13.0. The van der Waals surface area contributed by atoms with Gasteiger partial charge in [-0.2, -0.15) is 0 Å². The van der Waals surface area contributed by atoms with Crippen molar-refractivity contribution in [3.05, 3.63) is 83.4 Å². The molecule has 0 aliphatic heterocycles. The molecule has 8 nitrogen and oxygen atoms in total. The number of amidine groups is 1. The van der Waals surface area contributed by atoms with Gasteiger partial charge < -0.3 is 20.5 Å². The average molecular weight is 601 g/mol. The molecule has 1 atom stereocenters. The summed E-state index contributed by atoms with van der Waals surface area (Å²) < 4.78 is 12.5. The zero-order chi connectivity index (χ0) is 26.1. The van der Waals surface area contributed by atoms with Crippen molar-refractivity contribution in [3.8, 4) is 11.5 Å². The largest absolute Gasteiger partial charge is 0.490 e. The van der Waals surface area contributed by atoms with Gasteiger partial charge in [0.1, 0.15) is 11.9 Å². The van der Waals surface area contributed by atoms with Crippen LogP contribution in [0.15, 0.2) is 66.7 Å². The number of nitrogens with one attached hydrogen (secondary N) is 4. The van der Waals surface area contributed by atoms with Crippen LogP contribution in [0.1, 0.15) is 43.5 Å². The third kappa shape index (κ3) is 7.27. The van der Waals surface area contributed by atoms with Crippen LogP contribution in [0.2, 0.25) is 0 Å². The Balaban J connectivity index is 1.92. The molecule has 6 N–H and O–H groups in total. The molecular weight excluding hydrogens is 569 g/mol. The first-order valence-electron chi connectivity index (χ1n) is 11.7. The van der Waals surface area contributed by atoms with Gasteiger partial charge in [0, 0.05) is 15.7 Å². The third-order valence-electron chi connectivity index (χ3n) is 5.21. The van der Waals surface area contributed by atoms with E-state index >= 15 is 0 Å². The van der Waals surface area contributed by atoms with Gasteiger partial charge in [-0.3, -0.25) is 21.1 Å². The van der Waals surface area contributed by atoms with Crippen molar-refractivity contribution in [2.45, 2.75) is 37.3 Å². The molecule has 0 aliphatic rings. The lowest BCUT2D eigenvalue weighted by Crippen LogP contribution is -2.37. The van der Waals surface area contributed by atoms with Gasteiger partial charge in [0.15, 0.2) is 11.5 Å². The second-order valence-electron chi connectivity index (χ2n) is 8.28. The first-order chi connectivity index (χ1) is 17.3. The van der Waals surface area contributed by atoms with Crippen molar-refractivity contribution in [2.24, 2.45) is 5.73 Å². The Labute approximate surface area is 225 Å². The first kappa shape index (κ1) is 27.1. The highest BCUT2D eigenvalue weighted by molar-refractivity contribution is 14.1. The van der Waals surface area contributed by atoms with Crippen LogP contribution in [0.4, 0.5) is 11.4 Å². The molecule has 36 heavy (non-hydrogen) atoms. The number of hydrogen-bond donors (Lipinski definition) is 5. The molecule has 0 heterocycles. The molecular formula is C27H32IN5O3. The Hall–Kier alpha value is -3.47. The monoisotopic (exact) mass is 601 g/mol. The molecule has 1 amide bonds. The van der Waals surface area contributed by atoms with Crippen molar-refractivity contribution >= 4 is 45.7 Å². The molecule has 190 valence electrons. The summed E-state index contributed by atoms with van der Waals surface area (Å²) in [5.41, 5.74) is 15.4. The molecule has 0 bridgehead atoms. The van der Waals surface area contributed by atoms with Crippen LogP contribution in [0, 0.1) is 5.41 Å². The Morgan fingerprint density at radius 3 is 2.42 bits per heavy atom. The summed E-state index contributed by atoms with van der Waals surface area (Å²) in [5.74, 6) is 0.887. The van der Waals surface area contributed by atoms with E-state index in [0.717, 1.165) is 15.7 Å². The fraction of sp³-hybridized carbons (Fsp3) is 0.259. The molecule has 0 aromatic heterocycles. The lowest BCUT2D eigenvalue weighted by atomic mass is 10.0. The number of hydrazine groups is 1. The topological polar surface area (TPSA) is 121 Å². The van der Waals surface area contributed by atoms with E-state index in [1.165, 1.54) is 0 Å². The van der Waals surface area contributed by atoms with Crippen molar-refractivity contribution in [2.75, 3.05) is 17.3 Å². The molecule has 0 aliphatic carbocycles. The number of nitrogens with two attached hydrogens (primary N) is 1. The summed E-state index contributed by atoms with van der Waals surface area (Å²) in [6.45, 7) is 6.26. The third-order valence-corrected chi connectivity index (χ3v) is 6.04. The summed E-state index contributed by atoms with van der Waals surface area (Å²) in [6, 6.07) is 19.6. The Morgan fingerprint density at radius 2 is 1.78 bits per heavy atom. The lowest BCUT2D eigenvalue weighted by molar-refractivity contribution is -0.121. The van der Waals surface area contributed by atoms with Crippen LogP contribution in [-0.4, -0.2) is 24.5 Å². The summed E-state index contributed by atoms with van der Waals surface area (Å²) in [5, 5.41) is 10.9. The number of alkyl halides is 1. The van der Waals surface area contributed by atoms with Crippen molar-refractivity contribution < 1.29 is 14.3 Å². The number of nitrogen functional groups attached to an aromatic ring is 1. The second-order valence-corrected chi connectivity index (χ2v) is 9.04. The number of anilines is 2. The van der Waals surface area contributed by atoms with E-state index in [2.05, 4.69) is 38.8 Å². The van der Waals surface area contributed by atoms with Crippen LogP contribution in [0.5, 0.6) is 11.5 Å². The van der Waals surface area contributed by atoms with E-state index in [1.54, 1.807) is 24.3 Å². The summed E-state index contributed by atoms with van der Waals surface area (Å²) in [6.07, 6.45) is -0.0192. The van der Waals surface area contributed by atoms with E-state index in [9.17, 15) is 4.79 Å². The van der Waals surface area contributed by atoms with Gasteiger partial charge in [0.05, 0.1) is 18.4 Å². The van der Waals surface area contributed by atoms with Gasteiger partial charge >= 0.3 is 0 Å². The number of ether oxygens (including phenoxy) is 2. The molecule has 1 unspecified atom stereocenters. The number of amides is 1. The normalized spacial score (nSPS) is 11.5. The number of hydrogen-bond acceptors (Lipinski definition) is 6. The van der Waals surface area contributed by atoms with Gasteiger partial charge in [0.25, 0.3) is 5.91 Å². The molecule has 3 aromatic carbocycles. The minimum atomic E-state index is -0.750. The van der Waals surface area contributed by atoms with E-state index in [4.69, 9.17) is 20.6 Å². The summed E-state index contributed by atoms with van der Waals surface area (Å²) >= 11 is 2.29. The zero-order valence-corrected chi connectivity index (χ0v) is 22.8. The van der Waals surface area contributed by atoms with Gasteiger partial charge in [-0.15, -0.1) is 0 Å². The fourth-order valence-corrected chi connectivity index (χ4v) is 4.16. The highest BCUT2D eigenvalue weighted by Gasteiger charge is 2.23. The standard InChI is InChI=1S/C27H32IN5O3/c1-4-35-24-15-19(11-14-23(24)36-17(2)3)25(31-21-12-9-18(10-13-21)26(29)30)27(34)33-32-22-8-6-5-7-20(22)16-28/h5-15,17,25,31-32H,4,16H2,1-3H3,(H3,29,30)(H,33,34). The van der Waals surface area contributed by atoms with Gasteiger partial charge in [-0.05, 0) is 74.4 Å². The number of rotatable bonds is 12. The molecule has 0 saturated carbocycles. The van der Waals surface area contributed by atoms with E-state index < -0.39 is 6.04 Å². The first-order valence-corrected chi connectivity index (χ1v) is 13.2. The van der Waals surface area contributed by atoms with Gasteiger partial charge in [-0.1, -0.05) is 46.9 Å². The number of para-hydroxylation sites is 1. The average Bonchev–Trinajstić information content (AvgIpc) is 2.87. The van der Waals surface area contributed by atoms with Crippen LogP contribution in [-0.2, 0) is 9.22 Å². The minimum Gasteiger partial charge on any atom is -0.490 e. The number of carbonyl (C=O) groups excluding carboxylic acids is 1. The smallest absolute Gasteiger partial charge is 0.265 e. The molecule has 9 heteroatoms. The highest BCUT2D eigenvalue weighted by atomic mass is 127. The van der Waals surface area contributed by atoms with E-state index in [0.29, 0.717) is 34.9 Å². The minimum absolute atomic E-state index is 0.0175. The predicted octanol–water partition coefficient (Wildman–Crippen LogP) is 5.39. The van der Waals surface area contributed by atoms with Crippen LogP contribution >= 0.6 is 22.6 Å². The molecule has 0 spiro atoms. The molecule has 0 radical (unpaired) electrons. The number of halogens is 1. The summed E-state index contributed by atoms with van der Waals surface area (Å²) in [4.78, 5) is 13.5. The quantitative estimate of drug-likeness (QED) is 0.0625. The number of carbonyl (C=O) groups is 1. The van der Waals surface area contributed by atoms with Crippen LogP contribution < -0.4 is 31.4 Å². The fourth-order valence-electron chi connectivity index (χ4n) is 3.50. The Kier molecular flexibility index (Phi) is 9.80. The maximum Gasteiger partial charge on any atom is 0.265 e. The Bertz CT molecular complexity index is 1180. The zero-order valence-electron chi connectivity index (χ0n) is 20.6. The van der Waals surface area contributed by atoms with Crippen molar-refractivity contribution in [1.29, 1.82) is 5.41 Å². The molecule has 0 fully saturated rings. The van der Waals surface area contributed by atoms with Crippen LogP contribution in [0.3, 0.4) is 0 Å². The molecule has 3 aromatic rings. The van der Waals surface area contributed by atoms with E-state index in [-0.39, 0.29) is 17.8 Å². The van der Waals surface area contributed by atoms with Crippen molar-refractivity contribution in [3.63, 3.8) is 0 Å². The highest BCUT2D eigenvalue weighted by Crippen LogP contribution is 2.33. The van der Waals surface area contributed by atoms with Crippen molar-refractivity contribution in [1.82, 2.24) is 5.43 Å². The SMILES string of the molecule is CCOc1cc(C(Nc2ccc(C(=N)N)cc2)C(=O)NNc2ccccc2CI)ccc1OC(C)C. The maximum absolute atomic E-state index is 13.5. The van der Waals surface area contributed by atoms with Gasteiger partial charge in [0.2, 0.25) is 0 Å². The molecule has 0 saturated heterocycles. The lowest BCUT2D eigenvalue weighted by Gasteiger charge is -2.23. The maximum atomic E-state index is 13.5. The van der Waals surface area contributed by atoms with E-state index in [1.807, 2.05) is 63.2 Å². The predicted molar refractivity (Wildman–Crippen MR) is 153 cm³/mol.